The number of Topliss-reactive ketones (excluding diaryl/α,β-unsaturated/α-hetero) is 2. The Bertz CT molecular complexity index is 544. The topological polar surface area (TPSA) is 47.3 Å². The van der Waals surface area contributed by atoms with Gasteiger partial charge in [-0.1, -0.05) is 23.7 Å². The normalized spacial score (nSPS) is 10.2. The third-order valence-corrected chi connectivity index (χ3v) is 2.50. The Morgan fingerprint density at radius 3 is 2.59 bits per heavy atom. The number of furan rings is 1. The highest BCUT2D eigenvalue weighted by Gasteiger charge is 2.15. The number of benzene rings is 1. The maximum Gasteiger partial charge on any atom is 0.205 e. The Balaban J connectivity index is 2.10. The first kappa shape index (κ1) is 11.6. The van der Waals surface area contributed by atoms with E-state index in [9.17, 15) is 9.59 Å². The first-order chi connectivity index (χ1) is 8.16. The lowest BCUT2D eigenvalue weighted by atomic mass is 10.1. The molecule has 2 aromatic rings. The molecule has 4 heteroatoms. The molecule has 86 valence electrons. The van der Waals surface area contributed by atoms with E-state index < -0.39 is 0 Å². The molecule has 0 unspecified atom stereocenters. The van der Waals surface area contributed by atoms with Gasteiger partial charge in [-0.2, -0.15) is 0 Å². The molecule has 0 bridgehead atoms. The van der Waals surface area contributed by atoms with Gasteiger partial charge in [0.2, 0.25) is 5.78 Å². The molecule has 0 N–H and O–H groups in total. The van der Waals surface area contributed by atoms with Gasteiger partial charge in [0.25, 0.3) is 0 Å². The van der Waals surface area contributed by atoms with Crippen molar-refractivity contribution in [2.75, 3.05) is 0 Å². The molecule has 0 spiro atoms. The second-order valence-electron chi connectivity index (χ2n) is 3.51. The van der Waals surface area contributed by atoms with Crippen LogP contribution in [0.1, 0.15) is 27.3 Å². The van der Waals surface area contributed by atoms with Gasteiger partial charge < -0.3 is 4.42 Å². The van der Waals surface area contributed by atoms with E-state index in [0.717, 1.165) is 0 Å². The van der Waals surface area contributed by atoms with Gasteiger partial charge in [-0.3, -0.25) is 9.59 Å². The fraction of sp³-hybridized carbons (Fsp3) is 0.0769. The summed E-state index contributed by atoms with van der Waals surface area (Å²) in [7, 11) is 0. The van der Waals surface area contributed by atoms with E-state index >= 15 is 0 Å². The van der Waals surface area contributed by atoms with Crippen LogP contribution in [0.2, 0.25) is 5.02 Å². The third-order valence-electron chi connectivity index (χ3n) is 2.26. The zero-order valence-corrected chi connectivity index (χ0v) is 9.61. The van der Waals surface area contributed by atoms with Crippen LogP contribution in [0.25, 0.3) is 0 Å². The number of carbonyl (C=O) groups is 2. The predicted molar refractivity (Wildman–Crippen MR) is 63.4 cm³/mol. The summed E-state index contributed by atoms with van der Waals surface area (Å²) in [6, 6.07) is 9.66. The molecule has 0 aliphatic carbocycles. The van der Waals surface area contributed by atoms with Crippen LogP contribution in [-0.2, 0) is 0 Å². The van der Waals surface area contributed by atoms with E-state index in [2.05, 4.69) is 0 Å². The van der Waals surface area contributed by atoms with Crippen molar-refractivity contribution in [1.82, 2.24) is 0 Å². The van der Waals surface area contributed by atoms with E-state index in [4.69, 9.17) is 16.0 Å². The van der Waals surface area contributed by atoms with Crippen molar-refractivity contribution in [3.05, 3.63) is 59.0 Å². The summed E-state index contributed by atoms with van der Waals surface area (Å²) in [5.41, 5.74) is 0.428. The van der Waals surface area contributed by atoms with E-state index in [1.165, 1.54) is 12.3 Å². The van der Waals surface area contributed by atoms with Gasteiger partial charge in [0.05, 0.1) is 12.7 Å². The molecule has 0 radical (unpaired) electrons. The molecule has 0 atom stereocenters. The Morgan fingerprint density at radius 1 is 1.12 bits per heavy atom. The van der Waals surface area contributed by atoms with Crippen LogP contribution in [0.4, 0.5) is 0 Å². The molecule has 0 saturated carbocycles. The second kappa shape index (κ2) is 4.97. The quantitative estimate of drug-likeness (QED) is 0.615. The molecule has 17 heavy (non-hydrogen) atoms. The van der Waals surface area contributed by atoms with Crippen LogP contribution in [0.5, 0.6) is 0 Å². The molecule has 0 aliphatic heterocycles. The van der Waals surface area contributed by atoms with Crippen molar-refractivity contribution in [3.63, 3.8) is 0 Å². The van der Waals surface area contributed by atoms with Crippen molar-refractivity contribution in [3.8, 4) is 0 Å². The van der Waals surface area contributed by atoms with Gasteiger partial charge in [0, 0.05) is 10.6 Å². The average Bonchev–Trinajstić information content (AvgIpc) is 2.82. The van der Waals surface area contributed by atoms with Crippen molar-refractivity contribution in [2.24, 2.45) is 0 Å². The minimum Gasteiger partial charge on any atom is -0.461 e. The lowest BCUT2D eigenvalue weighted by Crippen LogP contribution is -2.07. The zero-order chi connectivity index (χ0) is 12.3. The van der Waals surface area contributed by atoms with Gasteiger partial charge in [0.1, 0.15) is 0 Å². The Labute approximate surface area is 103 Å². The molecule has 1 heterocycles. The summed E-state index contributed by atoms with van der Waals surface area (Å²) >= 11 is 5.77. The highest BCUT2D eigenvalue weighted by molar-refractivity contribution is 6.31. The fourth-order valence-electron chi connectivity index (χ4n) is 1.43. The molecule has 1 aromatic carbocycles. The second-order valence-corrected chi connectivity index (χ2v) is 3.95. The molecular formula is C13H9ClO3. The molecule has 2 rings (SSSR count). The smallest absolute Gasteiger partial charge is 0.205 e. The van der Waals surface area contributed by atoms with Crippen LogP contribution in [-0.4, -0.2) is 11.6 Å². The number of carbonyl (C=O) groups excluding carboxylic acids is 2. The molecule has 0 fully saturated rings. The van der Waals surface area contributed by atoms with Crippen LogP contribution < -0.4 is 0 Å². The Kier molecular flexibility index (Phi) is 3.40. The van der Waals surface area contributed by atoms with E-state index in [0.29, 0.717) is 10.6 Å². The van der Waals surface area contributed by atoms with Gasteiger partial charge >= 0.3 is 0 Å². The number of hydrogen-bond acceptors (Lipinski definition) is 3. The highest BCUT2D eigenvalue weighted by Crippen LogP contribution is 2.14. The summed E-state index contributed by atoms with van der Waals surface area (Å²) in [5, 5.41) is 0.473. The largest absolute Gasteiger partial charge is 0.461 e. The maximum atomic E-state index is 11.8. The van der Waals surface area contributed by atoms with Gasteiger partial charge in [-0.15, -0.1) is 0 Å². The lowest BCUT2D eigenvalue weighted by molar-refractivity contribution is 0.0878. The van der Waals surface area contributed by atoms with Gasteiger partial charge in [-0.25, -0.2) is 0 Å². The summed E-state index contributed by atoms with van der Waals surface area (Å²) in [5.74, 6) is -0.408. The summed E-state index contributed by atoms with van der Waals surface area (Å²) in [4.78, 5) is 23.4. The van der Waals surface area contributed by atoms with Crippen molar-refractivity contribution < 1.29 is 14.0 Å². The first-order valence-electron chi connectivity index (χ1n) is 5.02. The lowest BCUT2D eigenvalue weighted by Gasteiger charge is -1.99. The first-order valence-corrected chi connectivity index (χ1v) is 5.40. The summed E-state index contributed by atoms with van der Waals surface area (Å²) < 4.78 is 4.93. The van der Waals surface area contributed by atoms with E-state index in [-0.39, 0.29) is 23.7 Å². The number of hydrogen-bond donors (Lipinski definition) is 0. The Hall–Kier alpha value is -1.87. The third kappa shape index (κ3) is 2.82. The molecule has 0 aliphatic rings. The molecule has 0 saturated heterocycles. The van der Waals surface area contributed by atoms with Crippen LogP contribution >= 0.6 is 11.6 Å². The van der Waals surface area contributed by atoms with Gasteiger partial charge in [0.15, 0.2) is 11.5 Å². The van der Waals surface area contributed by atoms with Crippen molar-refractivity contribution >= 4 is 23.2 Å². The molecular weight excluding hydrogens is 240 g/mol. The van der Waals surface area contributed by atoms with Crippen molar-refractivity contribution in [1.29, 1.82) is 0 Å². The summed E-state index contributed by atoms with van der Waals surface area (Å²) in [6.07, 6.45) is 1.19. The number of ketones is 2. The van der Waals surface area contributed by atoms with Crippen molar-refractivity contribution in [2.45, 2.75) is 6.42 Å². The zero-order valence-electron chi connectivity index (χ0n) is 8.85. The molecule has 1 aromatic heterocycles. The molecule has 0 amide bonds. The minimum absolute atomic E-state index is 0.195. The summed E-state index contributed by atoms with van der Waals surface area (Å²) in [6.45, 7) is 0. The SMILES string of the molecule is O=C(CC(=O)c1ccco1)c1cccc(Cl)c1. The average molecular weight is 249 g/mol. The number of rotatable bonds is 4. The predicted octanol–water partition coefficient (Wildman–Crippen LogP) is 3.39. The van der Waals surface area contributed by atoms with E-state index in [1.807, 2.05) is 0 Å². The highest BCUT2D eigenvalue weighted by atomic mass is 35.5. The fourth-order valence-corrected chi connectivity index (χ4v) is 1.62. The van der Waals surface area contributed by atoms with Crippen LogP contribution in [0.15, 0.2) is 47.1 Å². The van der Waals surface area contributed by atoms with Gasteiger partial charge in [-0.05, 0) is 24.3 Å². The van der Waals surface area contributed by atoms with Crippen LogP contribution in [0, 0.1) is 0 Å². The maximum absolute atomic E-state index is 11.8. The van der Waals surface area contributed by atoms with Crippen LogP contribution in [0.3, 0.4) is 0 Å². The molecule has 3 nitrogen and oxygen atoms in total. The van der Waals surface area contributed by atoms with E-state index in [1.54, 1.807) is 30.3 Å². The standard InChI is InChI=1S/C13H9ClO3/c14-10-4-1-3-9(7-10)11(15)8-12(16)13-5-2-6-17-13/h1-7H,8H2. The Morgan fingerprint density at radius 2 is 1.94 bits per heavy atom. The monoisotopic (exact) mass is 248 g/mol. The number of halogens is 1. The minimum atomic E-state index is -0.333.